The number of carbonyl (C=O) groups excluding carboxylic acids is 2. The first kappa shape index (κ1) is 18.4. The van der Waals surface area contributed by atoms with Crippen LogP contribution in [-0.4, -0.2) is 25.6 Å². The number of hydrogen-bond acceptors (Lipinski definition) is 4. The van der Waals surface area contributed by atoms with Gasteiger partial charge in [-0.3, -0.25) is 19.4 Å². The summed E-state index contributed by atoms with van der Waals surface area (Å²) in [4.78, 5) is 51.6. The van der Waals surface area contributed by atoms with E-state index < -0.39 is 32.8 Å². The molecule has 0 saturated heterocycles. The van der Waals surface area contributed by atoms with Gasteiger partial charge in [-0.2, -0.15) is 0 Å². The van der Waals surface area contributed by atoms with Gasteiger partial charge < -0.3 is 5.32 Å². The summed E-state index contributed by atoms with van der Waals surface area (Å²) in [6, 6.07) is 5.45. The second-order valence-electron chi connectivity index (χ2n) is 6.34. The van der Waals surface area contributed by atoms with Gasteiger partial charge >= 0.3 is 5.69 Å². The molecule has 1 aromatic heterocycles. The number of hydrogen-bond donors (Lipinski definition) is 2. The molecule has 1 aromatic carbocycles. The van der Waals surface area contributed by atoms with Gasteiger partial charge in [-0.25, -0.2) is 9.36 Å². The molecule has 136 valence electrons. The molecule has 0 unspecified atom stereocenters. The average molecular weight is 396 g/mol. The van der Waals surface area contributed by atoms with Gasteiger partial charge in [0.15, 0.2) is 0 Å². The molecule has 0 atom stereocenters. The van der Waals surface area contributed by atoms with Gasteiger partial charge in [0.2, 0.25) is 5.78 Å². The Balaban J connectivity index is 2.47. The molecule has 2 N–H and O–H groups in total. The number of fused-ring (bicyclic) bond motifs is 1. The molecule has 0 saturated carbocycles. The van der Waals surface area contributed by atoms with Crippen LogP contribution in [0.25, 0.3) is 5.69 Å². The van der Waals surface area contributed by atoms with Gasteiger partial charge in [0.05, 0.1) is 5.69 Å². The van der Waals surface area contributed by atoms with Crippen molar-refractivity contribution in [1.82, 2.24) is 9.55 Å². The third-order valence-electron chi connectivity index (χ3n) is 4.25. The standard InChI is InChI=1S/C17H15Cl2N3O4/c1-7(2)9-6-4-5-8(3)11(9)22-13-10(14(24)21-16(22)26)12(23)17(18,19)15(25)20-13/h4-7H,1-3H3,(H,20,25)(H,21,24,26). The quantitative estimate of drug-likeness (QED) is 0.601. The maximum atomic E-state index is 12.6. The van der Waals surface area contributed by atoms with Gasteiger partial charge in [-0.15, -0.1) is 0 Å². The van der Waals surface area contributed by atoms with Crippen molar-refractivity contribution < 1.29 is 9.59 Å². The van der Waals surface area contributed by atoms with Crippen molar-refractivity contribution in [2.75, 3.05) is 5.32 Å². The van der Waals surface area contributed by atoms with E-state index in [0.717, 1.165) is 15.7 Å². The minimum atomic E-state index is -2.44. The Labute approximate surface area is 157 Å². The predicted molar refractivity (Wildman–Crippen MR) is 98.9 cm³/mol. The Morgan fingerprint density at radius 3 is 2.38 bits per heavy atom. The number of Topliss-reactive ketones (excluding diaryl/α,β-unsaturated/α-hetero) is 1. The number of nitrogens with one attached hydrogen (secondary N) is 2. The number of aromatic amines is 1. The van der Waals surface area contributed by atoms with Gasteiger partial charge in [-0.1, -0.05) is 55.2 Å². The van der Waals surface area contributed by atoms with E-state index in [2.05, 4.69) is 10.3 Å². The van der Waals surface area contributed by atoms with Crippen molar-refractivity contribution in [2.24, 2.45) is 0 Å². The number of alkyl halides is 2. The van der Waals surface area contributed by atoms with Crippen molar-refractivity contribution in [1.29, 1.82) is 0 Å². The Bertz CT molecular complexity index is 1070. The largest absolute Gasteiger partial charge is 0.334 e. The molecular formula is C17H15Cl2N3O4. The highest BCUT2D eigenvalue weighted by Gasteiger charge is 2.49. The van der Waals surface area contributed by atoms with Crippen molar-refractivity contribution in [2.45, 2.75) is 31.0 Å². The number of anilines is 1. The molecule has 7 nitrogen and oxygen atoms in total. The maximum absolute atomic E-state index is 12.6. The van der Waals surface area contributed by atoms with Crippen molar-refractivity contribution in [3.05, 3.63) is 55.7 Å². The van der Waals surface area contributed by atoms with Crippen LogP contribution < -0.4 is 16.6 Å². The predicted octanol–water partition coefficient (Wildman–Crippen LogP) is 2.27. The zero-order chi connectivity index (χ0) is 19.4. The molecule has 0 aliphatic carbocycles. The highest BCUT2D eigenvalue weighted by atomic mass is 35.5. The van der Waals surface area contributed by atoms with Crippen LogP contribution in [-0.2, 0) is 4.79 Å². The Morgan fingerprint density at radius 2 is 1.77 bits per heavy atom. The SMILES string of the molecule is Cc1cccc(C(C)C)c1-n1c2c(c(=O)[nH]c1=O)C(=O)C(Cl)(Cl)C(=O)N2. The third-order valence-corrected chi connectivity index (χ3v) is 4.94. The number of nitrogens with zero attached hydrogens (tertiary/aromatic N) is 1. The lowest BCUT2D eigenvalue weighted by Gasteiger charge is -2.28. The highest BCUT2D eigenvalue weighted by Crippen LogP contribution is 2.35. The number of benzene rings is 1. The number of aryl methyl sites for hydroxylation is 1. The summed E-state index contributed by atoms with van der Waals surface area (Å²) in [5.41, 5.74) is -0.206. The lowest BCUT2D eigenvalue weighted by Crippen LogP contribution is -2.50. The molecule has 3 rings (SSSR count). The smallest absolute Gasteiger partial charge is 0.308 e. The summed E-state index contributed by atoms with van der Waals surface area (Å²) >= 11 is 11.6. The number of amides is 1. The normalized spacial score (nSPS) is 15.8. The fourth-order valence-electron chi connectivity index (χ4n) is 2.98. The second-order valence-corrected chi connectivity index (χ2v) is 7.67. The van der Waals surface area contributed by atoms with E-state index in [-0.39, 0.29) is 11.7 Å². The first-order valence-electron chi connectivity index (χ1n) is 7.80. The van der Waals surface area contributed by atoms with Crippen LogP contribution in [0.4, 0.5) is 5.82 Å². The van der Waals surface area contributed by atoms with Crippen LogP contribution >= 0.6 is 23.2 Å². The number of para-hydroxylation sites is 1. The number of carbonyl (C=O) groups is 2. The van der Waals surface area contributed by atoms with E-state index in [4.69, 9.17) is 23.2 Å². The van der Waals surface area contributed by atoms with E-state index in [9.17, 15) is 19.2 Å². The summed E-state index contributed by atoms with van der Waals surface area (Å²) in [6.45, 7) is 5.66. The molecule has 1 amide bonds. The van der Waals surface area contributed by atoms with Crippen LogP contribution in [0.1, 0.15) is 41.3 Å². The highest BCUT2D eigenvalue weighted by molar-refractivity contribution is 6.71. The van der Waals surface area contributed by atoms with Crippen molar-refractivity contribution in [3.63, 3.8) is 0 Å². The second kappa shape index (κ2) is 6.10. The molecule has 0 bridgehead atoms. The lowest BCUT2D eigenvalue weighted by molar-refractivity contribution is -0.116. The molecular weight excluding hydrogens is 381 g/mol. The molecule has 26 heavy (non-hydrogen) atoms. The van der Waals surface area contributed by atoms with E-state index >= 15 is 0 Å². The van der Waals surface area contributed by atoms with Gasteiger partial charge in [0.25, 0.3) is 15.8 Å². The fraction of sp³-hybridized carbons (Fsp3) is 0.294. The third kappa shape index (κ3) is 2.59. The van der Waals surface area contributed by atoms with E-state index in [0.29, 0.717) is 5.69 Å². The summed E-state index contributed by atoms with van der Waals surface area (Å²) < 4.78 is -1.32. The monoisotopic (exact) mass is 395 g/mol. The Morgan fingerprint density at radius 1 is 1.12 bits per heavy atom. The summed E-state index contributed by atoms with van der Waals surface area (Å²) in [5, 5.41) is 2.34. The van der Waals surface area contributed by atoms with Crippen molar-refractivity contribution >= 4 is 40.7 Å². The molecule has 9 heteroatoms. The first-order chi connectivity index (χ1) is 12.1. The zero-order valence-electron chi connectivity index (χ0n) is 14.1. The topological polar surface area (TPSA) is 101 Å². The zero-order valence-corrected chi connectivity index (χ0v) is 15.7. The number of ketones is 1. The van der Waals surface area contributed by atoms with E-state index in [1.807, 2.05) is 26.0 Å². The summed E-state index contributed by atoms with van der Waals surface area (Å²) in [5.74, 6) is -2.29. The molecule has 2 heterocycles. The number of rotatable bonds is 2. The maximum Gasteiger partial charge on any atom is 0.334 e. The summed E-state index contributed by atoms with van der Waals surface area (Å²) in [7, 11) is 0. The van der Waals surface area contributed by atoms with Crippen LogP contribution in [0.15, 0.2) is 27.8 Å². The molecule has 0 fully saturated rings. The van der Waals surface area contributed by atoms with Crippen LogP contribution in [0, 0.1) is 6.92 Å². The van der Waals surface area contributed by atoms with Gasteiger partial charge in [0.1, 0.15) is 11.4 Å². The molecule has 0 spiro atoms. The van der Waals surface area contributed by atoms with Crippen LogP contribution in [0.5, 0.6) is 0 Å². The summed E-state index contributed by atoms with van der Waals surface area (Å²) in [6.07, 6.45) is 0. The Hall–Kier alpha value is -2.38. The number of halogens is 2. The molecule has 1 aliphatic heterocycles. The lowest BCUT2D eigenvalue weighted by atomic mass is 9.97. The van der Waals surface area contributed by atoms with Gasteiger partial charge in [0, 0.05) is 0 Å². The van der Waals surface area contributed by atoms with Gasteiger partial charge in [-0.05, 0) is 24.0 Å². The Kier molecular flexibility index (Phi) is 4.32. The van der Waals surface area contributed by atoms with Crippen LogP contribution in [0.3, 0.4) is 0 Å². The number of H-pyrrole nitrogens is 1. The molecule has 0 radical (unpaired) electrons. The minimum absolute atomic E-state index is 0.0366. The molecule has 2 aromatic rings. The average Bonchev–Trinajstić information content (AvgIpc) is 2.53. The van der Waals surface area contributed by atoms with Crippen molar-refractivity contribution in [3.8, 4) is 5.69 Å². The number of aromatic nitrogens is 2. The fourth-order valence-corrected chi connectivity index (χ4v) is 3.26. The van der Waals surface area contributed by atoms with E-state index in [1.165, 1.54) is 0 Å². The molecule has 1 aliphatic rings. The minimum Gasteiger partial charge on any atom is -0.308 e. The van der Waals surface area contributed by atoms with E-state index in [1.54, 1.807) is 13.0 Å². The van der Waals surface area contributed by atoms with Crippen LogP contribution in [0.2, 0.25) is 0 Å². The first-order valence-corrected chi connectivity index (χ1v) is 8.56.